The fourth-order valence-electron chi connectivity index (χ4n) is 9.63. The summed E-state index contributed by atoms with van der Waals surface area (Å²) in [5.74, 6) is 0. The molecule has 66 heavy (non-hydrogen) atoms. The molecule has 12 aromatic rings. The Morgan fingerprint density at radius 2 is 0.652 bits per heavy atom. The van der Waals surface area contributed by atoms with Crippen molar-refractivity contribution in [3.63, 3.8) is 0 Å². The van der Waals surface area contributed by atoms with Gasteiger partial charge in [0.05, 0.1) is 11.0 Å². The van der Waals surface area contributed by atoms with Crippen molar-refractivity contribution in [2.45, 2.75) is 0 Å². The number of rotatable bonds is 9. The largest absolute Gasteiger partial charge is 0.310 e. The van der Waals surface area contributed by atoms with Crippen LogP contribution in [0.2, 0.25) is 0 Å². The van der Waals surface area contributed by atoms with Crippen molar-refractivity contribution < 1.29 is 0 Å². The summed E-state index contributed by atoms with van der Waals surface area (Å²) in [6, 6.07) is 96.9. The van der Waals surface area contributed by atoms with Gasteiger partial charge in [-0.1, -0.05) is 182 Å². The Morgan fingerprint density at radius 1 is 0.227 bits per heavy atom. The number of hydrogen-bond acceptors (Lipinski definition) is 1. The molecule has 0 bridgehead atoms. The quantitative estimate of drug-likeness (QED) is 0.141. The monoisotopic (exact) mass is 840 g/mol. The molecule has 0 radical (unpaired) electrons. The zero-order valence-electron chi connectivity index (χ0n) is 36.3. The Morgan fingerprint density at radius 3 is 1.30 bits per heavy atom. The van der Waals surface area contributed by atoms with Crippen LogP contribution in [0.25, 0.3) is 93.9 Å². The van der Waals surface area contributed by atoms with Gasteiger partial charge in [-0.05, 0) is 151 Å². The summed E-state index contributed by atoms with van der Waals surface area (Å²) in [4.78, 5) is 2.37. The van der Waals surface area contributed by atoms with E-state index in [9.17, 15) is 0 Å². The van der Waals surface area contributed by atoms with E-state index in [4.69, 9.17) is 0 Å². The van der Waals surface area contributed by atoms with E-state index < -0.39 is 0 Å². The third kappa shape index (κ3) is 7.31. The SMILES string of the molecule is c1ccc(-c2ccc(N(c3ccc(-c4ccc5c(c4)c4ccccc4n5-c4ccccc4)cc3)c3cccc(-c4cccc(-c5ccc6ccc(-c7ccccc7)cc6c5)c4)c3)cc2)cc1. The van der Waals surface area contributed by atoms with E-state index in [1.165, 1.54) is 82.6 Å². The molecule has 2 heteroatoms. The number of nitrogens with zero attached hydrogens (tertiary/aromatic N) is 2. The number of hydrogen-bond donors (Lipinski definition) is 0. The maximum Gasteiger partial charge on any atom is 0.0541 e. The molecular formula is C64H44N2. The van der Waals surface area contributed by atoms with E-state index in [2.05, 4.69) is 276 Å². The maximum atomic E-state index is 2.37. The number of aromatic nitrogens is 1. The highest BCUT2D eigenvalue weighted by atomic mass is 15.1. The Bertz CT molecular complexity index is 3660. The second-order valence-corrected chi connectivity index (χ2v) is 17.0. The molecular weight excluding hydrogens is 797 g/mol. The highest BCUT2D eigenvalue weighted by molar-refractivity contribution is 6.10. The topological polar surface area (TPSA) is 8.17 Å². The molecule has 12 rings (SSSR count). The molecule has 0 unspecified atom stereocenters. The van der Waals surface area contributed by atoms with Crippen LogP contribution in [0.3, 0.4) is 0 Å². The first-order valence-corrected chi connectivity index (χ1v) is 22.7. The average Bonchev–Trinajstić information content (AvgIpc) is 3.73. The molecule has 310 valence electrons. The van der Waals surface area contributed by atoms with Crippen molar-refractivity contribution in [1.82, 2.24) is 4.57 Å². The van der Waals surface area contributed by atoms with Gasteiger partial charge in [-0.25, -0.2) is 0 Å². The van der Waals surface area contributed by atoms with E-state index in [-0.39, 0.29) is 0 Å². The predicted octanol–water partition coefficient (Wildman–Crippen LogP) is 17.7. The van der Waals surface area contributed by atoms with E-state index in [0.29, 0.717) is 0 Å². The Kier molecular flexibility index (Phi) is 9.89. The van der Waals surface area contributed by atoms with Crippen molar-refractivity contribution >= 4 is 49.6 Å². The number of fused-ring (bicyclic) bond motifs is 4. The second-order valence-electron chi connectivity index (χ2n) is 17.0. The molecule has 0 aliphatic carbocycles. The lowest BCUT2D eigenvalue weighted by Gasteiger charge is -2.26. The zero-order chi connectivity index (χ0) is 43.8. The standard InChI is InChI=1S/C64H44N2/c1-4-14-45(15-5-1)47-30-35-58(36-31-47)65(59-37-32-48(33-38-59)55-34-39-64-62(44-55)61-24-10-11-25-63(61)66(64)57-21-8-3-9-22-57)60-23-13-20-52(43-60)50-18-12-19-51(40-50)54-29-27-49-26-28-53(41-56(49)42-54)46-16-6-2-7-17-46/h1-44H. The minimum absolute atomic E-state index is 1.09. The van der Waals surface area contributed by atoms with Gasteiger partial charge >= 0.3 is 0 Å². The van der Waals surface area contributed by atoms with Gasteiger partial charge in [-0.3, -0.25) is 0 Å². The van der Waals surface area contributed by atoms with E-state index in [0.717, 1.165) is 28.3 Å². The molecule has 0 spiro atoms. The van der Waals surface area contributed by atoms with Crippen molar-refractivity contribution in [2.75, 3.05) is 4.90 Å². The summed E-state index contributed by atoms with van der Waals surface area (Å²) < 4.78 is 2.37. The van der Waals surface area contributed by atoms with Crippen LogP contribution in [0.1, 0.15) is 0 Å². The van der Waals surface area contributed by atoms with Crippen LogP contribution in [-0.4, -0.2) is 4.57 Å². The molecule has 0 saturated carbocycles. The first kappa shape index (κ1) is 38.9. The lowest BCUT2D eigenvalue weighted by atomic mass is 9.95. The number of benzene rings is 11. The molecule has 0 N–H and O–H groups in total. The molecule has 11 aromatic carbocycles. The molecule has 2 nitrogen and oxygen atoms in total. The van der Waals surface area contributed by atoms with E-state index in [1.807, 2.05) is 0 Å². The van der Waals surface area contributed by atoms with Crippen molar-refractivity contribution in [3.8, 4) is 61.3 Å². The van der Waals surface area contributed by atoms with Crippen LogP contribution >= 0.6 is 0 Å². The smallest absolute Gasteiger partial charge is 0.0541 e. The Balaban J connectivity index is 0.907. The van der Waals surface area contributed by atoms with Gasteiger partial charge in [0.1, 0.15) is 0 Å². The van der Waals surface area contributed by atoms with E-state index in [1.54, 1.807) is 0 Å². The first-order valence-electron chi connectivity index (χ1n) is 22.7. The fourth-order valence-corrected chi connectivity index (χ4v) is 9.63. The molecule has 0 amide bonds. The average molecular weight is 841 g/mol. The minimum atomic E-state index is 1.09. The van der Waals surface area contributed by atoms with E-state index >= 15 is 0 Å². The van der Waals surface area contributed by atoms with Gasteiger partial charge in [-0.2, -0.15) is 0 Å². The highest BCUT2D eigenvalue weighted by Crippen LogP contribution is 2.40. The summed E-state index contributed by atoms with van der Waals surface area (Å²) in [5.41, 5.74) is 18.8. The second kappa shape index (κ2) is 16.8. The van der Waals surface area contributed by atoms with Gasteiger partial charge in [0.2, 0.25) is 0 Å². The van der Waals surface area contributed by atoms with Crippen LogP contribution in [0.5, 0.6) is 0 Å². The third-order valence-electron chi connectivity index (χ3n) is 13.0. The number of anilines is 3. The minimum Gasteiger partial charge on any atom is -0.310 e. The summed E-state index contributed by atoms with van der Waals surface area (Å²) in [5, 5.41) is 4.97. The molecule has 1 aromatic heterocycles. The van der Waals surface area contributed by atoms with Gasteiger partial charge in [-0.15, -0.1) is 0 Å². The Hall–Kier alpha value is -8.72. The van der Waals surface area contributed by atoms with Crippen molar-refractivity contribution in [1.29, 1.82) is 0 Å². The summed E-state index contributed by atoms with van der Waals surface area (Å²) in [6.07, 6.45) is 0. The van der Waals surface area contributed by atoms with Crippen molar-refractivity contribution in [3.05, 3.63) is 267 Å². The Labute approximate surface area is 385 Å². The molecule has 0 aliphatic heterocycles. The van der Waals surface area contributed by atoms with Crippen LogP contribution in [0.15, 0.2) is 267 Å². The lowest BCUT2D eigenvalue weighted by Crippen LogP contribution is -2.10. The first-order chi connectivity index (χ1) is 32.7. The predicted molar refractivity (Wildman–Crippen MR) is 280 cm³/mol. The summed E-state index contributed by atoms with van der Waals surface area (Å²) >= 11 is 0. The summed E-state index contributed by atoms with van der Waals surface area (Å²) in [6.45, 7) is 0. The lowest BCUT2D eigenvalue weighted by molar-refractivity contribution is 1.18. The molecule has 1 heterocycles. The van der Waals surface area contributed by atoms with Gasteiger partial charge in [0.25, 0.3) is 0 Å². The van der Waals surface area contributed by atoms with Crippen LogP contribution < -0.4 is 4.90 Å². The molecule has 0 saturated heterocycles. The third-order valence-corrected chi connectivity index (χ3v) is 13.0. The van der Waals surface area contributed by atoms with Gasteiger partial charge in [0, 0.05) is 33.5 Å². The van der Waals surface area contributed by atoms with Crippen LogP contribution in [-0.2, 0) is 0 Å². The number of para-hydroxylation sites is 2. The fraction of sp³-hybridized carbons (Fsp3) is 0. The zero-order valence-corrected chi connectivity index (χ0v) is 36.3. The van der Waals surface area contributed by atoms with Crippen molar-refractivity contribution in [2.24, 2.45) is 0 Å². The van der Waals surface area contributed by atoms with Crippen LogP contribution in [0, 0.1) is 0 Å². The van der Waals surface area contributed by atoms with Gasteiger partial charge in [0.15, 0.2) is 0 Å². The maximum absolute atomic E-state index is 2.37. The normalized spacial score (nSPS) is 11.3. The van der Waals surface area contributed by atoms with Gasteiger partial charge < -0.3 is 9.47 Å². The summed E-state index contributed by atoms with van der Waals surface area (Å²) in [7, 11) is 0. The van der Waals surface area contributed by atoms with Crippen LogP contribution in [0.4, 0.5) is 17.1 Å². The molecule has 0 aliphatic rings. The molecule has 0 fully saturated rings. The molecule has 0 atom stereocenters. The highest BCUT2D eigenvalue weighted by Gasteiger charge is 2.17.